The van der Waals surface area contributed by atoms with E-state index in [1.807, 2.05) is 6.92 Å². The van der Waals surface area contributed by atoms with Crippen LogP contribution in [-0.4, -0.2) is 40.1 Å². The number of hydrogen-bond donors (Lipinski definition) is 1. The van der Waals surface area contributed by atoms with Crippen molar-refractivity contribution in [1.82, 2.24) is 14.7 Å². The molecule has 1 rings (SSSR count). The van der Waals surface area contributed by atoms with Crippen LogP contribution >= 0.6 is 0 Å². The van der Waals surface area contributed by atoms with E-state index in [2.05, 4.69) is 5.10 Å². The Morgan fingerprint density at radius 3 is 2.62 bits per heavy atom. The number of aryl methyl sites for hydroxylation is 1. The molecule has 0 unspecified atom stereocenters. The van der Waals surface area contributed by atoms with Crippen molar-refractivity contribution in [2.24, 2.45) is 12.8 Å². The first kappa shape index (κ1) is 12.2. The molecular weight excluding hydrogens is 208 g/mol. The smallest absolute Gasteiger partial charge is 0.271 e. The van der Waals surface area contributed by atoms with Crippen molar-refractivity contribution >= 4 is 11.8 Å². The molecule has 0 saturated carbocycles. The molecule has 0 aliphatic rings. The number of hydrogen-bond acceptors (Lipinski definition) is 3. The highest BCUT2D eigenvalue weighted by atomic mass is 16.2. The van der Waals surface area contributed by atoms with E-state index in [-0.39, 0.29) is 11.6 Å². The molecule has 0 saturated heterocycles. The molecule has 6 nitrogen and oxygen atoms in total. The number of primary amides is 1. The fourth-order valence-corrected chi connectivity index (χ4v) is 1.42. The quantitative estimate of drug-likeness (QED) is 0.781. The van der Waals surface area contributed by atoms with Gasteiger partial charge in [0.1, 0.15) is 5.69 Å². The second-order valence-corrected chi connectivity index (χ2v) is 3.63. The van der Waals surface area contributed by atoms with E-state index in [9.17, 15) is 9.59 Å². The SMILES string of the molecule is CCCN(C)C(=O)c1cc(C(N)=O)nn1C. The monoisotopic (exact) mass is 224 g/mol. The first-order valence-corrected chi connectivity index (χ1v) is 5.06. The molecule has 0 bridgehead atoms. The maximum atomic E-state index is 11.9. The Kier molecular flexibility index (Phi) is 3.65. The molecule has 0 spiro atoms. The average Bonchev–Trinajstić information content (AvgIpc) is 2.60. The first-order chi connectivity index (χ1) is 7.47. The summed E-state index contributed by atoms with van der Waals surface area (Å²) < 4.78 is 1.37. The number of carbonyl (C=O) groups excluding carboxylic acids is 2. The van der Waals surface area contributed by atoms with Gasteiger partial charge in [-0.25, -0.2) is 0 Å². The van der Waals surface area contributed by atoms with Gasteiger partial charge < -0.3 is 10.6 Å². The van der Waals surface area contributed by atoms with Crippen LogP contribution in [0.25, 0.3) is 0 Å². The standard InChI is InChI=1S/C10H16N4O2/c1-4-5-13(2)10(16)8-6-7(9(11)15)12-14(8)3/h6H,4-5H2,1-3H3,(H2,11,15). The van der Waals surface area contributed by atoms with Crippen LogP contribution in [-0.2, 0) is 7.05 Å². The Bertz CT molecular complexity index is 411. The van der Waals surface area contributed by atoms with Crippen molar-refractivity contribution in [3.8, 4) is 0 Å². The summed E-state index contributed by atoms with van der Waals surface area (Å²) in [6.45, 7) is 2.65. The molecule has 1 heterocycles. The molecule has 0 fully saturated rings. The third kappa shape index (κ3) is 2.39. The van der Waals surface area contributed by atoms with Crippen molar-refractivity contribution < 1.29 is 9.59 Å². The molecule has 0 aliphatic carbocycles. The molecule has 1 aromatic rings. The van der Waals surface area contributed by atoms with Gasteiger partial charge in [0.2, 0.25) is 0 Å². The second kappa shape index (κ2) is 4.78. The zero-order chi connectivity index (χ0) is 12.3. The molecule has 2 N–H and O–H groups in total. The van der Waals surface area contributed by atoms with E-state index in [1.165, 1.54) is 10.7 Å². The Morgan fingerprint density at radius 1 is 1.56 bits per heavy atom. The number of rotatable bonds is 4. The molecule has 0 aromatic carbocycles. The van der Waals surface area contributed by atoms with Crippen LogP contribution in [0.5, 0.6) is 0 Å². The second-order valence-electron chi connectivity index (χ2n) is 3.63. The van der Waals surface area contributed by atoms with Gasteiger partial charge >= 0.3 is 0 Å². The minimum atomic E-state index is -0.632. The maximum Gasteiger partial charge on any atom is 0.271 e. The van der Waals surface area contributed by atoms with Crippen molar-refractivity contribution in [3.05, 3.63) is 17.5 Å². The summed E-state index contributed by atoms with van der Waals surface area (Å²) >= 11 is 0. The van der Waals surface area contributed by atoms with Crippen LogP contribution in [0, 0.1) is 0 Å². The van der Waals surface area contributed by atoms with Gasteiger partial charge in [-0.1, -0.05) is 6.92 Å². The predicted octanol–water partition coefficient (Wildman–Crippen LogP) is 0.00100. The molecule has 2 amide bonds. The molecule has 0 atom stereocenters. The molecule has 6 heteroatoms. The molecule has 0 radical (unpaired) electrons. The number of carbonyl (C=O) groups is 2. The normalized spacial score (nSPS) is 10.2. The highest BCUT2D eigenvalue weighted by Gasteiger charge is 2.18. The van der Waals surface area contributed by atoms with Crippen LogP contribution in [0.4, 0.5) is 0 Å². The minimum absolute atomic E-state index is 0.107. The van der Waals surface area contributed by atoms with E-state index < -0.39 is 5.91 Å². The van der Waals surface area contributed by atoms with Gasteiger partial charge in [-0.3, -0.25) is 14.3 Å². The fraction of sp³-hybridized carbons (Fsp3) is 0.500. The van der Waals surface area contributed by atoms with E-state index in [0.717, 1.165) is 6.42 Å². The number of amides is 2. The average molecular weight is 224 g/mol. The van der Waals surface area contributed by atoms with Crippen LogP contribution in [0.15, 0.2) is 6.07 Å². The number of aromatic nitrogens is 2. The van der Waals surface area contributed by atoms with Gasteiger partial charge in [-0.05, 0) is 6.42 Å². The summed E-state index contributed by atoms with van der Waals surface area (Å²) in [5, 5.41) is 3.87. The Morgan fingerprint density at radius 2 is 2.19 bits per heavy atom. The van der Waals surface area contributed by atoms with Crippen LogP contribution in [0.3, 0.4) is 0 Å². The lowest BCUT2D eigenvalue weighted by Crippen LogP contribution is -2.29. The molecular formula is C10H16N4O2. The predicted molar refractivity (Wildman–Crippen MR) is 59.0 cm³/mol. The van der Waals surface area contributed by atoms with Gasteiger partial charge in [-0.2, -0.15) is 5.10 Å². The topological polar surface area (TPSA) is 81.2 Å². The van der Waals surface area contributed by atoms with Gasteiger partial charge in [0.05, 0.1) is 0 Å². The van der Waals surface area contributed by atoms with Gasteiger partial charge in [0.25, 0.3) is 11.8 Å². The lowest BCUT2D eigenvalue weighted by Gasteiger charge is -2.15. The summed E-state index contributed by atoms with van der Waals surface area (Å²) in [7, 11) is 3.32. The molecule has 1 aromatic heterocycles. The lowest BCUT2D eigenvalue weighted by molar-refractivity contribution is 0.0784. The third-order valence-electron chi connectivity index (χ3n) is 2.26. The van der Waals surface area contributed by atoms with Crippen molar-refractivity contribution in [2.45, 2.75) is 13.3 Å². The van der Waals surface area contributed by atoms with Crippen molar-refractivity contribution in [1.29, 1.82) is 0 Å². The third-order valence-corrected chi connectivity index (χ3v) is 2.26. The van der Waals surface area contributed by atoms with Gasteiger partial charge in [0.15, 0.2) is 5.69 Å². The molecule has 0 aliphatic heterocycles. The highest BCUT2D eigenvalue weighted by Crippen LogP contribution is 2.06. The highest BCUT2D eigenvalue weighted by molar-refractivity contribution is 5.97. The molecule has 88 valence electrons. The van der Waals surface area contributed by atoms with E-state index >= 15 is 0 Å². The number of nitrogens with two attached hydrogens (primary N) is 1. The van der Waals surface area contributed by atoms with E-state index in [1.54, 1.807) is 19.0 Å². The summed E-state index contributed by atoms with van der Waals surface area (Å²) in [6, 6.07) is 1.41. The maximum absolute atomic E-state index is 11.9. The van der Waals surface area contributed by atoms with Crippen molar-refractivity contribution in [2.75, 3.05) is 13.6 Å². The first-order valence-electron chi connectivity index (χ1n) is 5.06. The van der Waals surface area contributed by atoms with Gasteiger partial charge in [0, 0.05) is 26.7 Å². The van der Waals surface area contributed by atoms with Crippen molar-refractivity contribution in [3.63, 3.8) is 0 Å². The van der Waals surface area contributed by atoms with E-state index in [0.29, 0.717) is 12.2 Å². The summed E-state index contributed by atoms with van der Waals surface area (Å²) in [4.78, 5) is 24.4. The Balaban J connectivity index is 2.95. The molecule has 16 heavy (non-hydrogen) atoms. The minimum Gasteiger partial charge on any atom is -0.364 e. The zero-order valence-corrected chi connectivity index (χ0v) is 9.73. The van der Waals surface area contributed by atoms with Gasteiger partial charge in [-0.15, -0.1) is 0 Å². The van der Waals surface area contributed by atoms with Crippen LogP contribution in [0.1, 0.15) is 34.3 Å². The Labute approximate surface area is 94.0 Å². The summed E-state index contributed by atoms with van der Waals surface area (Å²) in [6.07, 6.45) is 0.878. The summed E-state index contributed by atoms with van der Waals surface area (Å²) in [5.41, 5.74) is 5.56. The van der Waals surface area contributed by atoms with Crippen LogP contribution < -0.4 is 5.73 Å². The van der Waals surface area contributed by atoms with Crippen LogP contribution in [0.2, 0.25) is 0 Å². The van der Waals surface area contributed by atoms with E-state index in [4.69, 9.17) is 5.73 Å². The fourth-order valence-electron chi connectivity index (χ4n) is 1.42. The Hall–Kier alpha value is -1.85. The summed E-state index contributed by atoms with van der Waals surface area (Å²) in [5.74, 6) is -0.794. The number of nitrogens with zero attached hydrogens (tertiary/aromatic N) is 3. The largest absolute Gasteiger partial charge is 0.364 e. The lowest BCUT2D eigenvalue weighted by atomic mass is 10.3. The zero-order valence-electron chi connectivity index (χ0n) is 9.73.